The Hall–Kier alpha value is -3.59. The molecule has 0 spiro atoms. The van der Waals surface area contributed by atoms with Gasteiger partial charge >= 0.3 is 12.1 Å². The van der Waals surface area contributed by atoms with Gasteiger partial charge in [-0.2, -0.15) is 12.6 Å². The Morgan fingerprint density at radius 1 is 1.09 bits per heavy atom. The van der Waals surface area contributed by atoms with E-state index in [9.17, 15) is 14.7 Å². The van der Waals surface area contributed by atoms with Gasteiger partial charge in [0.15, 0.2) is 11.5 Å². The summed E-state index contributed by atoms with van der Waals surface area (Å²) in [6, 6.07) is 15.8. The van der Waals surface area contributed by atoms with Gasteiger partial charge in [-0.05, 0) is 30.0 Å². The van der Waals surface area contributed by atoms with Crippen molar-refractivity contribution in [1.29, 1.82) is 0 Å². The number of esters is 1. The number of thiol groups is 1. The summed E-state index contributed by atoms with van der Waals surface area (Å²) in [5.41, 5.74) is 0.585. The maximum atomic E-state index is 13.0. The minimum absolute atomic E-state index is 0.0130. The average molecular weight is 498 g/mol. The zero-order chi connectivity index (χ0) is 25.0. The van der Waals surface area contributed by atoms with Gasteiger partial charge in [0, 0.05) is 28.1 Å². The van der Waals surface area contributed by atoms with Gasteiger partial charge in [-0.1, -0.05) is 44.2 Å². The number of phenols is 1. The fraction of sp³-hybridized carbons (Fsp3) is 0.308. The molecule has 0 aromatic heterocycles. The summed E-state index contributed by atoms with van der Waals surface area (Å²) >= 11 is 3.93. The number of amides is 1. The summed E-state index contributed by atoms with van der Waals surface area (Å²) in [6.45, 7) is 4.14. The number of benzene rings is 3. The van der Waals surface area contributed by atoms with E-state index in [0.717, 1.165) is 10.9 Å². The van der Waals surface area contributed by atoms with Crippen molar-refractivity contribution in [1.82, 2.24) is 0 Å². The second-order valence-electron chi connectivity index (χ2n) is 8.82. The summed E-state index contributed by atoms with van der Waals surface area (Å²) in [4.78, 5) is 24.6. The largest absolute Gasteiger partial charge is 0.507 e. The van der Waals surface area contributed by atoms with Crippen LogP contribution >= 0.6 is 12.6 Å². The number of phenolic OH excluding ortho intramolecular Hbond substituents is 1. The van der Waals surface area contributed by atoms with Crippen LogP contribution in [0.25, 0.3) is 10.8 Å². The van der Waals surface area contributed by atoms with Crippen LogP contribution in [0.1, 0.15) is 31.9 Å². The molecule has 0 radical (unpaired) electrons. The summed E-state index contributed by atoms with van der Waals surface area (Å²) in [5.74, 6) is 0.844. The molecule has 0 fully saturated rings. The molecule has 0 saturated carbocycles. The summed E-state index contributed by atoms with van der Waals surface area (Å²) in [5, 5.41) is 14.5. The molecule has 1 heterocycles. The van der Waals surface area contributed by atoms with Gasteiger partial charge in [0.05, 0.1) is 12.4 Å². The molecule has 8 nitrogen and oxygen atoms in total. The average Bonchev–Trinajstić information content (AvgIpc) is 3.31. The summed E-state index contributed by atoms with van der Waals surface area (Å²) < 4.78 is 21.9. The van der Waals surface area contributed by atoms with E-state index < -0.39 is 23.6 Å². The van der Waals surface area contributed by atoms with Crippen molar-refractivity contribution < 1.29 is 33.6 Å². The predicted molar refractivity (Wildman–Crippen MR) is 134 cm³/mol. The Labute approximate surface area is 208 Å². The van der Waals surface area contributed by atoms with E-state index in [1.165, 1.54) is 0 Å². The lowest BCUT2D eigenvalue weighted by molar-refractivity contribution is -0.141. The second kappa shape index (κ2) is 10.4. The first-order valence-corrected chi connectivity index (χ1v) is 11.8. The fourth-order valence-electron chi connectivity index (χ4n) is 4.01. The molecule has 2 N–H and O–H groups in total. The van der Waals surface area contributed by atoms with Gasteiger partial charge in [0.2, 0.25) is 6.79 Å². The number of hydrogen-bond acceptors (Lipinski definition) is 8. The summed E-state index contributed by atoms with van der Waals surface area (Å²) in [7, 11) is 0. The minimum Gasteiger partial charge on any atom is -0.507 e. The number of aromatic hydroxyl groups is 1. The van der Waals surface area contributed by atoms with E-state index in [2.05, 4.69) is 17.9 Å². The molecule has 9 heteroatoms. The van der Waals surface area contributed by atoms with Crippen LogP contribution in [0, 0.1) is 5.41 Å². The van der Waals surface area contributed by atoms with Crippen molar-refractivity contribution in [2.24, 2.45) is 5.41 Å². The molecule has 3 aromatic rings. The molecular weight excluding hydrogens is 470 g/mol. The first-order valence-electron chi connectivity index (χ1n) is 11.1. The zero-order valence-corrected chi connectivity index (χ0v) is 20.3. The number of fused-ring (bicyclic) bond motifs is 2. The molecule has 1 aliphatic rings. The van der Waals surface area contributed by atoms with Crippen molar-refractivity contribution in [3.63, 3.8) is 0 Å². The number of carbonyl (C=O) groups excluding carboxylic acids is 2. The van der Waals surface area contributed by atoms with E-state index in [-0.39, 0.29) is 24.9 Å². The fourth-order valence-corrected chi connectivity index (χ4v) is 4.10. The quantitative estimate of drug-likeness (QED) is 0.281. The maximum absolute atomic E-state index is 13.0. The molecule has 1 aliphatic heterocycles. The first kappa shape index (κ1) is 24.5. The van der Waals surface area contributed by atoms with Gasteiger partial charge in [0.25, 0.3) is 0 Å². The highest BCUT2D eigenvalue weighted by Crippen LogP contribution is 2.44. The highest BCUT2D eigenvalue weighted by molar-refractivity contribution is 7.81. The van der Waals surface area contributed by atoms with Crippen LogP contribution in [0.2, 0.25) is 0 Å². The monoisotopic (exact) mass is 497 g/mol. The number of hydrogen-bond donors (Lipinski definition) is 3. The SMILES string of the molecule is CC(C)(CCOC(=O)CS)[C@@H](OC(=O)Nc1ccc2c(c1)OCO2)c1ccc(O)c2ccccc12. The molecule has 0 bridgehead atoms. The van der Waals surface area contributed by atoms with Gasteiger partial charge in [-0.3, -0.25) is 10.1 Å². The molecular formula is C26H27NO7S. The number of anilines is 1. The van der Waals surface area contributed by atoms with Crippen LogP contribution in [0.15, 0.2) is 54.6 Å². The molecule has 3 aromatic carbocycles. The second-order valence-corrected chi connectivity index (χ2v) is 9.13. The van der Waals surface area contributed by atoms with Crippen LogP contribution in [-0.4, -0.2) is 36.3 Å². The molecule has 0 unspecified atom stereocenters. The molecule has 184 valence electrons. The molecule has 4 rings (SSSR count). The maximum Gasteiger partial charge on any atom is 0.412 e. The molecule has 35 heavy (non-hydrogen) atoms. The minimum atomic E-state index is -0.725. The first-order chi connectivity index (χ1) is 16.8. The van der Waals surface area contributed by atoms with E-state index in [4.69, 9.17) is 18.9 Å². The molecule has 0 aliphatic carbocycles. The lowest BCUT2D eigenvalue weighted by Gasteiger charge is -2.34. The smallest absolute Gasteiger partial charge is 0.412 e. The van der Waals surface area contributed by atoms with E-state index in [0.29, 0.717) is 29.0 Å². The van der Waals surface area contributed by atoms with Crippen molar-refractivity contribution in [2.75, 3.05) is 24.5 Å². The highest BCUT2D eigenvalue weighted by atomic mass is 32.1. The Kier molecular flexibility index (Phi) is 7.25. The van der Waals surface area contributed by atoms with Crippen molar-refractivity contribution >= 4 is 41.2 Å². The Morgan fingerprint density at radius 2 is 1.83 bits per heavy atom. The lowest BCUT2D eigenvalue weighted by atomic mass is 9.78. The van der Waals surface area contributed by atoms with E-state index in [1.54, 1.807) is 36.4 Å². The number of ether oxygens (including phenoxy) is 4. The lowest BCUT2D eigenvalue weighted by Crippen LogP contribution is -2.30. The Balaban J connectivity index is 1.62. The van der Waals surface area contributed by atoms with Crippen LogP contribution in [0.4, 0.5) is 10.5 Å². The summed E-state index contributed by atoms with van der Waals surface area (Å²) in [6.07, 6.45) is -0.966. The Bertz CT molecular complexity index is 1240. The number of rotatable bonds is 8. The Morgan fingerprint density at radius 3 is 2.60 bits per heavy atom. The molecule has 1 atom stereocenters. The predicted octanol–water partition coefficient (Wildman–Crippen LogP) is 5.45. The van der Waals surface area contributed by atoms with Gasteiger partial charge in [0.1, 0.15) is 11.9 Å². The van der Waals surface area contributed by atoms with Crippen LogP contribution in [0.3, 0.4) is 0 Å². The van der Waals surface area contributed by atoms with Gasteiger partial charge in [-0.25, -0.2) is 4.79 Å². The zero-order valence-electron chi connectivity index (χ0n) is 19.4. The van der Waals surface area contributed by atoms with Crippen molar-refractivity contribution in [2.45, 2.75) is 26.4 Å². The third kappa shape index (κ3) is 5.57. The normalized spacial score (nSPS) is 13.3. The third-order valence-corrected chi connectivity index (χ3v) is 6.17. The number of nitrogens with one attached hydrogen (secondary N) is 1. The standard InChI is InChI=1S/C26H27NO7S/c1-26(2,11-12-31-23(29)14-35)24(19-8-9-20(28)18-6-4-3-5-17(18)19)34-25(30)27-16-7-10-21-22(13-16)33-15-32-21/h3-10,13,24,28,35H,11-12,14-15H2,1-2H3,(H,27,30)/t24-/m0/s1. The molecule has 0 saturated heterocycles. The van der Waals surface area contributed by atoms with E-state index in [1.807, 2.05) is 32.0 Å². The highest BCUT2D eigenvalue weighted by Gasteiger charge is 2.36. The number of carbonyl (C=O) groups is 2. The van der Waals surface area contributed by atoms with Crippen LogP contribution in [-0.2, 0) is 14.3 Å². The van der Waals surface area contributed by atoms with Gasteiger partial charge in [-0.15, -0.1) is 0 Å². The van der Waals surface area contributed by atoms with Crippen LogP contribution < -0.4 is 14.8 Å². The van der Waals surface area contributed by atoms with Crippen molar-refractivity contribution in [3.05, 3.63) is 60.2 Å². The topological polar surface area (TPSA) is 103 Å². The van der Waals surface area contributed by atoms with Crippen LogP contribution in [0.5, 0.6) is 17.2 Å². The van der Waals surface area contributed by atoms with Crippen molar-refractivity contribution in [3.8, 4) is 17.2 Å². The van der Waals surface area contributed by atoms with E-state index >= 15 is 0 Å². The molecule has 1 amide bonds. The third-order valence-electron chi connectivity index (χ3n) is 5.91. The van der Waals surface area contributed by atoms with Gasteiger partial charge < -0.3 is 24.1 Å².